The van der Waals surface area contributed by atoms with Crippen LogP contribution in [0.4, 0.5) is 0 Å². The summed E-state index contributed by atoms with van der Waals surface area (Å²) in [5.41, 5.74) is 10.3. The Morgan fingerprint density at radius 1 is 0.311 bits per heavy atom. The van der Waals surface area contributed by atoms with Crippen LogP contribution in [0, 0.1) is 0 Å². The summed E-state index contributed by atoms with van der Waals surface area (Å²) in [7, 11) is 0. The van der Waals surface area contributed by atoms with Crippen LogP contribution >= 0.6 is 11.3 Å². The van der Waals surface area contributed by atoms with Crippen molar-refractivity contribution in [1.82, 2.24) is 19.9 Å². The van der Waals surface area contributed by atoms with Crippen molar-refractivity contribution in [2.45, 2.75) is 0 Å². The lowest BCUT2D eigenvalue weighted by atomic mass is 9.93. The largest absolute Gasteiger partial charge is 0.247 e. The number of para-hydroxylation sites is 1. The van der Waals surface area contributed by atoms with E-state index in [1.807, 2.05) is 17.4 Å². The van der Waals surface area contributed by atoms with E-state index in [-0.39, 0.29) is 0 Å². The molecule has 284 valence electrons. The Balaban J connectivity index is 0.982. The zero-order chi connectivity index (χ0) is 40.3. The molecule has 0 aliphatic heterocycles. The number of aromatic nitrogens is 4. The van der Waals surface area contributed by atoms with Crippen molar-refractivity contribution >= 4 is 64.0 Å². The highest BCUT2D eigenvalue weighted by Crippen LogP contribution is 2.43. The van der Waals surface area contributed by atoms with Gasteiger partial charge in [0.05, 0.1) is 11.2 Å². The Morgan fingerprint density at radius 2 is 0.852 bits per heavy atom. The van der Waals surface area contributed by atoms with Gasteiger partial charge in [-0.3, -0.25) is 0 Å². The Kier molecular flexibility index (Phi) is 8.32. The SMILES string of the molecule is c1ccc(-c2cccc(-c3nc(-c4ccc(-c5cc6ccccc6c6ccccc56)cc4)nc(-c4ccc(-c5nc6ccccc6c6sc7ccccc7c56)cc4)n3)c2)cc1. The molecule has 4 nitrogen and oxygen atoms in total. The van der Waals surface area contributed by atoms with Crippen LogP contribution in [0.1, 0.15) is 0 Å². The summed E-state index contributed by atoms with van der Waals surface area (Å²) in [6, 6.07) is 72.7. The van der Waals surface area contributed by atoms with Crippen molar-refractivity contribution in [2.24, 2.45) is 0 Å². The molecule has 12 rings (SSSR count). The van der Waals surface area contributed by atoms with E-state index in [1.54, 1.807) is 0 Å². The first-order valence-electron chi connectivity index (χ1n) is 20.5. The summed E-state index contributed by atoms with van der Waals surface area (Å²) >= 11 is 1.83. The second kappa shape index (κ2) is 14.5. The molecule has 0 spiro atoms. The fraction of sp³-hybridized carbons (Fsp3) is 0. The van der Waals surface area contributed by atoms with E-state index in [2.05, 4.69) is 200 Å². The second-order valence-electron chi connectivity index (χ2n) is 15.4. The molecule has 0 amide bonds. The molecule has 0 saturated carbocycles. The molecular weight excluding hydrogens is 761 g/mol. The second-order valence-corrected chi connectivity index (χ2v) is 16.4. The average molecular weight is 795 g/mol. The maximum atomic E-state index is 5.27. The van der Waals surface area contributed by atoms with Gasteiger partial charge in [-0.1, -0.05) is 182 Å². The fourth-order valence-electron chi connectivity index (χ4n) is 8.72. The minimum absolute atomic E-state index is 0.610. The van der Waals surface area contributed by atoms with Crippen LogP contribution in [0.15, 0.2) is 206 Å². The van der Waals surface area contributed by atoms with Crippen molar-refractivity contribution in [3.05, 3.63) is 206 Å². The molecule has 0 saturated heterocycles. The van der Waals surface area contributed by atoms with Crippen LogP contribution in [0.25, 0.3) is 120 Å². The van der Waals surface area contributed by atoms with E-state index in [4.69, 9.17) is 19.9 Å². The molecule has 0 N–H and O–H groups in total. The monoisotopic (exact) mass is 794 g/mol. The number of hydrogen-bond acceptors (Lipinski definition) is 5. The molecular formula is C56H34N4S. The van der Waals surface area contributed by atoms with Crippen LogP contribution in [-0.4, -0.2) is 19.9 Å². The molecule has 9 aromatic carbocycles. The summed E-state index contributed by atoms with van der Waals surface area (Å²) in [6.45, 7) is 0. The van der Waals surface area contributed by atoms with E-state index >= 15 is 0 Å². The number of hydrogen-bond donors (Lipinski definition) is 0. The van der Waals surface area contributed by atoms with Gasteiger partial charge in [-0.05, 0) is 68.1 Å². The van der Waals surface area contributed by atoms with Crippen molar-refractivity contribution in [2.75, 3.05) is 0 Å². The zero-order valence-corrected chi connectivity index (χ0v) is 33.6. The van der Waals surface area contributed by atoms with Gasteiger partial charge >= 0.3 is 0 Å². The first-order chi connectivity index (χ1) is 30.2. The highest BCUT2D eigenvalue weighted by Gasteiger charge is 2.18. The van der Waals surface area contributed by atoms with Crippen molar-refractivity contribution in [3.8, 4) is 67.7 Å². The Bertz CT molecular complexity index is 3630. The first-order valence-corrected chi connectivity index (χ1v) is 21.3. The molecule has 0 unspecified atom stereocenters. The van der Waals surface area contributed by atoms with Gasteiger partial charge in [0.2, 0.25) is 0 Å². The summed E-state index contributed by atoms with van der Waals surface area (Å²) in [5.74, 6) is 1.85. The van der Waals surface area contributed by atoms with Gasteiger partial charge in [-0.2, -0.15) is 0 Å². The van der Waals surface area contributed by atoms with Gasteiger partial charge in [0.25, 0.3) is 0 Å². The van der Waals surface area contributed by atoms with Gasteiger partial charge in [0.1, 0.15) is 0 Å². The van der Waals surface area contributed by atoms with Gasteiger partial charge in [0.15, 0.2) is 17.5 Å². The molecule has 0 aliphatic rings. The number of fused-ring (bicyclic) bond motifs is 8. The van der Waals surface area contributed by atoms with Gasteiger partial charge in [-0.15, -0.1) is 11.3 Å². The summed E-state index contributed by atoms with van der Waals surface area (Å²) in [4.78, 5) is 20.7. The Hall–Kier alpha value is -7.86. The Labute approximate surface area is 356 Å². The van der Waals surface area contributed by atoms with Crippen molar-refractivity contribution < 1.29 is 0 Å². The molecule has 61 heavy (non-hydrogen) atoms. The molecule has 12 aromatic rings. The minimum atomic E-state index is 0.610. The van der Waals surface area contributed by atoms with Gasteiger partial charge in [-0.25, -0.2) is 19.9 Å². The predicted molar refractivity (Wildman–Crippen MR) is 256 cm³/mol. The molecule has 0 fully saturated rings. The molecule has 0 atom stereocenters. The van der Waals surface area contributed by atoms with E-state index in [9.17, 15) is 0 Å². The highest BCUT2D eigenvalue weighted by atomic mass is 32.1. The van der Waals surface area contributed by atoms with Crippen LogP contribution < -0.4 is 0 Å². The third-order valence-corrected chi connectivity index (χ3v) is 12.9. The molecule has 0 radical (unpaired) electrons. The summed E-state index contributed by atoms with van der Waals surface area (Å²) in [5, 5.41) is 8.56. The number of nitrogens with zero attached hydrogens (tertiary/aromatic N) is 4. The predicted octanol–water partition coefficient (Wildman–Crippen LogP) is 15.1. The molecule has 0 aliphatic carbocycles. The van der Waals surface area contributed by atoms with Crippen LogP contribution in [-0.2, 0) is 0 Å². The van der Waals surface area contributed by atoms with E-state index < -0.39 is 0 Å². The number of benzene rings is 9. The number of thiophene rings is 1. The molecule has 5 heteroatoms. The van der Waals surface area contributed by atoms with E-state index in [1.165, 1.54) is 52.7 Å². The smallest absolute Gasteiger partial charge is 0.164 e. The number of rotatable bonds is 6. The lowest BCUT2D eigenvalue weighted by molar-refractivity contribution is 1.07. The van der Waals surface area contributed by atoms with Crippen molar-refractivity contribution in [3.63, 3.8) is 0 Å². The first kappa shape index (κ1) is 35.1. The Morgan fingerprint density at radius 3 is 1.61 bits per heavy atom. The average Bonchev–Trinajstić information content (AvgIpc) is 3.74. The van der Waals surface area contributed by atoms with Crippen molar-refractivity contribution in [1.29, 1.82) is 0 Å². The molecule has 0 bridgehead atoms. The standard InChI is InChI=1S/C56H34N4S/c1-2-13-35(14-3-1)40-16-12-17-42(33-40)56-59-54(38-29-25-36(26-30-38)48-34-41-15-4-5-18-43(41)44-19-6-7-20-45(44)48)58-55(60-56)39-31-27-37(28-32-39)52-51-47-22-9-11-24-50(47)61-53(51)46-21-8-10-23-49(46)57-52/h1-34H. The lowest BCUT2D eigenvalue weighted by Gasteiger charge is -2.12. The van der Waals surface area contributed by atoms with Crippen LogP contribution in [0.3, 0.4) is 0 Å². The molecule has 3 aromatic heterocycles. The highest BCUT2D eigenvalue weighted by molar-refractivity contribution is 7.26. The maximum absolute atomic E-state index is 5.27. The van der Waals surface area contributed by atoms with Gasteiger partial charge < -0.3 is 0 Å². The topological polar surface area (TPSA) is 51.6 Å². The third kappa shape index (κ3) is 6.14. The van der Waals surface area contributed by atoms with Crippen LogP contribution in [0.5, 0.6) is 0 Å². The molecule has 3 heterocycles. The normalized spacial score (nSPS) is 11.6. The quantitative estimate of drug-likeness (QED) is 0.157. The zero-order valence-electron chi connectivity index (χ0n) is 32.8. The summed E-state index contributed by atoms with van der Waals surface area (Å²) in [6.07, 6.45) is 0. The lowest BCUT2D eigenvalue weighted by Crippen LogP contribution is -2.00. The minimum Gasteiger partial charge on any atom is -0.247 e. The maximum Gasteiger partial charge on any atom is 0.164 e. The fourth-order valence-corrected chi connectivity index (χ4v) is 9.96. The third-order valence-electron chi connectivity index (χ3n) is 11.7. The number of pyridine rings is 1. The van der Waals surface area contributed by atoms with Crippen LogP contribution in [0.2, 0.25) is 0 Å². The van der Waals surface area contributed by atoms with E-state index in [0.717, 1.165) is 50.2 Å². The van der Waals surface area contributed by atoms with Gasteiger partial charge in [0, 0.05) is 47.8 Å². The summed E-state index contributed by atoms with van der Waals surface area (Å²) < 4.78 is 2.52. The van der Waals surface area contributed by atoms with E-state index in [0.29, 0.717) is 17.5 Å².